The lowest BCUT2D eigenvalue weighted by molar-refractivity contribution is -0.179. The maximum atomic E-state index is 12.6. The van der Waals surface area contributed by atoms with Gasteiger partial charge in [-0.3, -0.25) is 14.4 Å². The van der Waals surface area contributed by atoms with Crippen LogP contribution in [0.1, 0.15) is 46.5 Å². The van der Waals surface area contributed by atoms with E-state index in [4.69, 9.17) is 14.2 Å². The number of hydrogen-bond acceptors (Lipinski definition) is 12. The smallest absolute Gasteiger partial charge is 0.347 e. The lowest BCUT2D eigenvalue weighted by Crippen LogP contribution is -2.43. The van der Waals surface area contributed by atoms with Gasteiger partial charge in [0.15, 0.2) is 18.5 Å². The summed E-state index contributed by atoms with van der Waals surface area (Å²) in [6, 6.07) is 0. The molecule has 0 saturated heterocycles. The fourth-order valence-electron chi connectivity index (χ4n) is 2.95. The van der Waals surface area contributed by atoms with Gasteiger partial charge in [-0.25, -0.2) is 14.4 Å². The number of thioether (sulfide) groups is 1. The van der Waals surface area contributed by atoms with E-state index in [1.165, 1.54) is 18.9 Å². The van der Waals surface area contributed by atoms with Crippen molar-refractivity contribution in [3.63, 3.8) is 0 Å². The first-order valence-corrected chi connectivity index (χ1v) is 12.3. The number of ether oxygens (including phenoxy) is 5. The van der Waals surface area contributed by atoms with Crippen molar-refractivity contribution in [1.29, 1.82) is 0 Å². The van der Waals surface area contributed by atoms with Gasteiger partial charge in [0.25, 0.3) is 0 Å². The van der Waals surface area contributed by atoms with Gasteiger partial charge in [-0.15, -0.1) is 0 Å². The molecule has 0 aromatic rings. The lowest BCUT2D eigenvalue weighted by atomic mass is 9.86. The Morgan fingerprint density at radius 1 is 1.00 bits per heavy atom. The van der Waals surface area contributed by atoms with E-state index in [-0.39, 0.29) is 31.0 Å². The minimum atomic E-state index is -1.86. The molecule has 0 spiro atoms. The van der Waals surface area contributed by atoms with Crippen LogP contribution in [0.4, 0.5) is 0 Å². The van der Waals surface area contributed by atoms with Gasteiger partial charge in [0, 0.05) is 19.1 Å². The maximum absolute atomic E-state index is 12.6. The fourth-order valence-corrected chi connectivity index (χ4v) is 3.37. The maximum Gasteiger partial charge on any atom is 0.347 e. The zero-order valence-electron chi connectivity index (χ0n) is 20.8. The quantitative estimate of drug-likeness (QED) is 0.0856. The van der Waals surface area contributed by atoms with Crippen molar-refractivity contribution >= 4 is 47.7 Å². The van der Waals surface area contributed by atoms with Crippen LogP contribution in [0.25, 0.3) is 0 Å². The lowest BCUT2D eigenvalue weighted by Gasteiger charge is -2.30. The Kier molecular flexibility index (Phi) is 16.3. The first-order valence-electron chi connectivity index (χ1n) is 10.9. The van der Waals surface area contributed by atoms with Crippen molar-refractivity contribution in [3.05, 3.63) is 11.6 Å². The summed E-state index contributed by atoms with van der Waals surface area (Å²) in [5.74, 6) is -4.46. The molecule has 2 unspecified atom stereocenters. The van der Waals surface area contributed by atoms with Crippen LogP contribution in [0, 0.1) is 5.92 Å². The number of aldehydes is 1. The highest BCUT2D eigenvalue weighted by Crippen LogP contribution is 2.29. The summed E-state index contributed by atoms with van der Waals surface area (Å²) < 4.78 is 24.3. The number of Topliss-reactive ketones (excluding diaryl/α,β-unsaturated/α-hetero) is 1. The summed E-state index contributed by atoms with van der Waals surface area (Å²) >= 11 is 1.25. The number of carbonyl (C=O) groups is 6. The second-order valence-electron chi connectivity index (χ2n) is 7.39. The molecular weight excluding hydrogens is 484 g/mol. The Labute approximate surface area is 209 Å². The first kappa shape index (κ1) is 32.3. The van der Waals surface area contributed by atoms with Crippen LogP contribution < -0.4 is 0 Å². The van der Waals surface area contributed by atoms with Gasteiger partial charge >= 0.3 is 23.9 Å². The third-order valence-corrected chi connectivity index (χ3v) is 5.37. The molecule has 11 nitrogen and oxygen atoms in total. The van der Waals surface area contributed by atoms with Crippen molar-refractivity contribution in [2.45, 2.75) is 52.1 Å². The highest BCUT2D eigenvalue weighted by Gasteiger charge is 2.41. The average molecular weight is 519 g/mol. The van der Waals surface area contributed by atoms with Crippen molar-refractivity contribution in [3.8, 4) is 0 Å². The molecule has 0 amide bonds. The highest BCUT2D eigenvalue weighted by atomic mass is 32.2. The topological polar surface area (TPSA) is 149 Å². The normalized spacial score (nSPS) is 13.7. The number of rotatable bonds is 18. The minimum Gasteiger partial charge on any atom is -0.452 e. The van der Waals surface area contributed by atoms with Crippen LogP contribution in [0.2, 0.25) is 0 Å². The fraction of sp³-hybridized carbons (Fsp3) is 0.652. The summed E-state index contributed by atoms with van der Waals surface area (Å²) in [5.41, 5.74) is -1.54. The van der Waals surface area contributed by atoms with E-state index < -0.39 is 55.2 Å². The summed E-state index contributed by atoms with van der Waals surface area (Å²) in [6.45, 7) is 3.25. The second kappa shape index (κ2) is 17.7. The average Bonchev–Trinajstić information content (AvgIpc) is 2.82. The highest BCUT2D eigenvalue weighted by molar-refractivity contribution is 7.99. The van der Waals surface area contributed by atoms with Gasteiger partial charge in [0.05, 0.1) is 18.1 Å². The molecule has 0 aliphatic heterocycles. The number of methoxy groups -OCH3 is 1. The summed E-state index contributed by atoms with van der Waals surface area (Å²) in [5, 5.41) is 0. The van der Waals surface area contributed by atoms with E-state index in [1.54, 1.807) is 33.1 Å². The minimum absolute atomic E-state index is 0.101. The largest absolute Gasteiger partial charge is 0.452 e. The monoisotopic (exact) mass is 518 g/mol. The Balaban J connectivity index is 5.29. The van der Waals surface area contributed by atoms with E-state index >= 15 is 0 Å². The number of ketones is 1. The predicted molar refractivity (Wildman–Crippen MR) is 125 cm³/mol. The molecule has 0 aromatic heterocycles. The number of esters is 4. The molecule has 0 N–H and O–H groups in total. The Hall–Kier alpha value is -2.73. The molecular formula is C23H34O11S. The van der Waals surface area contributed by atoms with Crippen LogP contribution in [-0.2, 0) is 52.5 Å². The van der Waals surface area contributed by atoms with Gasteiger partial charge in [-0.2, -0.15) is 11.8 Å². The van der Waals surface area contributed by atoms with Crippen molar-refractivity contribution in [1.82, 2.24) is 0 Å². The predicted octanol–water partition coefficient (Wildman–Crippen LogP) is 1.80. The molecule has 0 fully saturated rings. The zero-order valence-corrected chi connectivity index (χ0v) is 21.6. The van der Waals surface area contributed by atoms with Crippen molar-refractivity contribution in [2.24, 2.45) is 5.92 Å². The summed E-state index contributed by atoms with van der Waals surface area (Å²) in [7, 11) is 1.28. The Morgan fingerprint density at radius 2 is 1.66 bits per heavy atom. The molecule has 2 atom stereocenters. The SMILES string of the molecule is C/C=C(\CC)C(=O)OC(C=O)(CC(=O)CSC)CC(CC)C(=O)OCOC(=O)COC(=O)COC. The van der Waals surface area contributed by atoms with E-state index in [2.05, 4.69) is 9.47 Å². The van der Waals surface area contributed by atoms with Gasteiger partial charge < -0.3 is 23.7 Å². The molecule has 12 heteroatoms. The molecule has 0 radical (unpaired) electrons. The van der Waals surface area contributed by atoms with Crippen LogP contribution in [0.3, 0.4) is 0 Å². The van der Waals surface area contributed by atoms with E-state index in [0.717, 1.165) is 0 Å². The van der Waals surface area contributed by atoms with Gasteiger partial charge in [-0.1, -0.05) is 19.9 Å². The van der Waals surface area contributed by atoms with Crippen LogP contribution >= 0.6 is 11.8 Å². The molecule has 0 bridgehead atoms. The molecule has 0 aliphatic rings. The first-order chi connectivity index (χ1) is 16.6. The van der Waals surface area contributed by atoms with Crippen molar-refractivity contribution in [2.75, 3.05) is 39.1 Å². The van der Waals surface area contributed by atoms with Crippen LogP contribution in [0.15, 0.2) is 11.6 Å². The molecule has 0 aromatic carbocycles. The van der Waals surface area contributed by atoms with E-state index in [0.29, 0.717) is 18.3 Å². The Bertz CT molecular complexity index is 777. The van der Waals surface area contributed by atoms with Crippen LogP contribution in [0.5, 0.6) is 0 Å². The molecule has 0 saturated carbocycles. The molecule has 0 rings (SSSR count). The van der Waals surface area contributed by atoms with Gasteiger partial charge in [0.1, 0.15) is 12.4 Å². The molecule has 0 heterocycles. The molecule has 35 heavy (non-hydrogen) atoms. The van der Waals surface area contributed by atoms with Gasteiger partial charge in [0.2, 0.25) is 6.79 Å². The third kappa shape index (κ3) is 12.5. The summed E-state index contributed by atoms with van der Waals surface area (Å²) in [6.07, 6.45) is 3.50. The molecule has 198 valence electrons. The number of allylic oxidation sites excluding steroid dienone is 1. The van der Waals surface area contributed by atoms with Crippen LogP contribution in [-0.4, -0.2) is 80.7 Å². The standard InChI is InChI=1S/C23H34O11S/c1-6-16(7-2)22(29)34-23(14-24,10-18(25)13-35-5)9-17(8-3)21(28)33-15-32-20(27)12-31-19(26)11-30-4/h6,14,17H,7-13,15H2,1-5H3/b16-6+. The van der Waals surface area contributed by atoms with Gasteiger partial charge in [-0.05, 0) is 26.0 Å². The number of hydrogen-bond donors (Lipinski definition) is 0. The number of carbonyl (C=O) groups excluding carboxylic acids is 6. The van der Waals surface area contributed by atoms with E-state index in [1.807, 2.05) is 0 Å². The summed E-state index contributed by atoms with van der Waals surface area (Å²) in [4.78, 5) is 72.4. The Morgan fingerprint density at radius 3 is 2.17 bits per heavy atom. The van der Waals surface area contributed by atoms with Crippen molar-refractivity contribution < 1.29 is 52.5 Å². The van der Waals surface area contributed by atoms with E-state index in [9.17, 15) is 28.8 Å². The zero-order chi connectivity index (χ0) is 26.9. The molecule has 0 aliphatic carbocycles. The third-order valence-electron chi connectivity index (χ3n) is 4.76. The second-order valence-corrected chi connectivity index (χ2v) is 8.25.